The van der Waals surface area contributed by atoms with Gasteiger partial charge in [-0.15, -0.1) is 0 Å². The second-order valence-electron chi connectivity index (χ2n) is 11.6. The number of rotatable bonds is 5. The lowest BCUT2D eigenvalue weighted by molar-refractivity contribution is -0.132. The van der Waals surface area contributed by atoms with Crippen LogP contribution in [0, 0.1) is 37.5 Å². The standard InChI is InChI=1S/C30H42N6O3/c1-18-6-5-7-24(19(18)2)34-12-14-35(15-13-34)25(37)17-33-23-16-22-20(3)26(22)27(23)28(31)30(39)36-10-8-21(9-11-36)29(38)32-4/h5-7,20-22,26H,8-17,31H2,1-4H3,(H,32,38)/b28-27+,33-23?/t20-,22?,26?/m1/s1. The normalized spacial score (nSPS) is 27.4. The molecule has 2 saturated heterocycles. The van der Waals surface area contributed by atoms with Crippen molar-refractivity contribution >= 4 is 29.1 Å². The third-order valence-corrected chi connectivity index (χ3v) is 9.51. The number of amides is 3. The number of nitrogens with zero attached hydrogens (tertiary/aromatic N) is 4. The molecule has 0 aromatic heterocycles. The van der Waals surface area contributed by atoms with Crippen LogP contribution >= 0.6 is 0 Å². The van der Waals surface area contributed by atoms with Gasteiger partial charge in [0.25, 0.3) is 5.91 Å². The number of nitrogens with one attached hydrogen (secondary N) is 1. The van der Waals surface area contributed by atoms with Gasteiger partial charge in [0.05, 0.1) is 0 Å². The highest BCUT2D eigenvalue weighted by Gasteiger charge is 2.56. The molecular weight excluding hydrogens is 492 g/mol. The molecule has 39 heavy (non-hydrogen) atoms. The van der Waals surface area contributed by atoms with Crippen molar-refractivity contribution in [1.82, 2.24) is 15.1 Å². The number of allylic oxidation sites excluding steroid dienone is 1. The molecule has 3 atom stereocenters. The highest BCUT2D eigenvalue weighted by Crippen LogP contribution is 2.59. The van der Waals surface area contributed by atoms with Crippen molar-refractivity contribution in [2.45, 2.75) is 40.0 Å². The van der Waals surface area contributed by atoms with Crippen molar-refractivity contribution < 1.29 is 14.4 Å². The number of piperidine rings is 1. The van der Waals surface area contributed by atoms with Gasteiger partial charge in [-0.3, -0.25) is 19.4 Å². The minimum Gasteiger partial charge on any atom is -0.394 e. The number of hydrogen-bond acceptors (Lipinski definition) is 6. The van der Waals surface area contributed by atoms with Crippen molar-refractivity contribution in [2.75, 3.05) is 57.8 Å². The third kappa shape index (κ3) is 5.28. The van der Waals surface area contributed by atoms with E-state index < -0.39 is 0 Å². The van der Waals surface area contributed by atoms with E-state index in [0.29, 0.717) is 50.9 Å². The van der Waals surface area contributed by atoms with Gasteiger partial charge in [0.2, 0.25) is 11.8 Å². The molecule has 3 N–H and O–H groups in total. The maximum atomic E-state index is 13.3. The van der Waals surface area contributed by atoms with E-state index in [1.165, 1.54) is 16.8 Å². The smallest absolute Gasteiger partial charge is 0.270 e. The molecule has 210 valence electrons. The fraction of sp³-hybridized carbons (Fsp3) is 0.600. The number of piperazine rings is 1. The summed E-state index contributed by atoms with van der Waals surface area (Å²) in [5.41, 5.74) is 12.3. The Morgan fingerprint density at radius 1 is 1.03 bits per heavy atom. The molecule has 1 aromatic rings. The lowest BCUT2D eigenvalue weighted by Crippen LogP contribution is -2.49. The number of hydrogen-bond donors (Lipinski definition) is 2. The van der Waals surface area contributed by atoms with E-state index in [1.807, 2.05) is 4.90 Å². The van der Waals surface area contributed by atoms with Gasteiger partial charge in [-0.25, -0.2) is 0 Å². The summed E-state index contributed by atoms with van der Waals surface area (Å²) in [5, 5.41) is 2.70. The van der Waals surface area contributed by atoms with Gasteiger partial charge in [0, 0.05) is 69.2 Å². The first-order valence-electron chi connectivity index (χ1n) is 14.3. The Labute approximate surface area is 231 Å². The Balaban J connectivity index is 1.21. The maximum Gasteiger partial charge on any atom is 0.270 e. The minimum absolute atomic E-state index is 0.0252. The van der Waals surface area contributed by atoms with Gasteiger partial charge < -0.3 is 25.8 Å². The van der Waals surface area contributed by atoms with Gasteiger partial charge >= 0.3 is 0 Å². The Morgan fingerprint density at radius 2 is 1.72 bits per heavy atom. The molecular formula is C30H42N6O3. The Kier molecular flexibility index (Phi) is 7.69. The van der Waals surface area contributed by atoms with Crippen LogP contribution in [0.25, 0.3) is 0 Å². The molecule has 9 nitrogen and oxygen atoms in total. The number of aryl methyl sites for hydroxylation is 1. The number of anilines is 1. The number of benzene rings is 1. The van der Waals surface area contributed by atoms with E-state index >= 15 is 0 Å². The summed E-state index contributed by atoms with van der Waals surface area (Å²) in [7, 11) is 1.65. The molecule has 2 aliphatic heterocycles. The zero-order valence-corrected chi connectivity index (χ0v) is 23.7. The van der Waals surface area contributed by atoms with E-state index in [1.54, 1.807) is 11.9 Å². The minimum atomic E-state index is -0.165. The second-order valence-corrected chi connectivity index (χ2v) is 11.6. The number of carbonyl (C=O) groups is 3. The molecule has 5 rings (SSSR count). The van der Waals surface area contributed by atoms with E-state index in [4.69, 9.17) is 10.7 Å². The van der Waals surface area contributed by atoms with E-state index in [2.05, 4.69) is 49.2 Å². The number of aliphatic imine (C=N–C) groups is 1. The number of likely N-dealkylation sites (tertiary alicyclic amines) is 1. The molecule has 0 radical (unpaired) electrons. The van der Waals surface area contributed by atoms with Crippen LogP contribution in [0.3, 0.4) is 0 Å². The Hall–Kier alpha value is -3.36. The SMILES string of the molecule is CNC(=O)C1CCN(C(=O)/C(N)=C2/C(=NCC(=O)N3CCN(c4cccc(C)c4C)CC3)CC3C2[C@@H]3C)CC1. The largest absolute Gasteiger partial charge is 0.394 e. The zero-order chi connectivity index (χ0) is 27.8. The van der Waals surface area contributed by atoms with Crippen molar-refractivity contribution in [3.63, 3.8) is 0 Å². The molecule has 1 aromatic carbocycles. The highest BCUT2D eigenvalue weighted by atomic mass is 16.2. The van der Waals surface area contributed by atoms with E-state index in [0.717, 1.165) is 30.8 Å². The Morgan fingerprint density at radius 3 is 2.38 bits per heavy atom. The lowest BCUT2D eigenvalue weighted by atomic mass is 9.95. The van der Waals surface area contributed by atoms with Gasteiger partial charge in [-0.2, -0.15) is 0 Å². The molecule has 2 heterocycles. The molecule has 9 heteroatoms. The van der Waals surface area contributed by atoms with E-state index in [-0.39, 0.29) is 41.8 Å². The van der Waals surface area contributed by atoms with E-state index in [9.17, 15) is 14.4 Å². The summed E-state index contributed by atoms with van der Waals surface area (Å²) in [5.74, 6) is 1.03. The monoisotopic (exact) mass is 534 g/mol. The van der Waals surface area contributed by atoms with Crippen LogP contribution in [-0.2, 0) is 14.4 Å². The Bertz CT molecular complexity index is 1210. The third-order valence-electron chi connectivity index (χ3n) is 9.51. The van der Waals surface area contributed by atoms with Gasteiger partial charge in [0.1, 0.15) is 12.2 Å². The second kappa shape index (κ2) is 11.0. The predicted molar refractivity (Wildman–Crippen MR) is 152 cm³/mol. The van der Waals surface area contributed by atoms with Crippen LogP contribution in [0.1, 0.15) is 37.3 Å². The average molecular weight is 535 g/mol. The topological polar surface area (TPSA) is 111 Å². The quantitative estimate of drug-likeness (QED) is 0.561. The van der Waals surface area contributed by atoms with Crippen molar-refractivity contribution in [1.29, 1.82) is 0 Å². The van der Waals surface area contributed by atoms with Crippen LogP contribution in [0.5, 0.6) is 0 Å². The van der Waals surface area contributed by atoms with Gasteiger partial charge in [-0.05, 0) is 68.1 Å². The molecule has 0 bridgehead atoms. The summed E-state index contributed by atoms with van der Waals surface area (Å²) in [6.07, 6.45) is 2.06. The first kappa shape index (κ1) is 27.2. The van der Waals surface area contributed by atoms with Gasteiger partial charge in [0.15, 0.2) is 0 Å². The van der Waals surface area contributed by atoms with Gasteiger partial charge in [-0.1, -0.05) is 19.1 Å². The molecule has 0 spiro atoms. The molecule has 2 aliphatic carbocycles. The average Bonchev–Trinajstić information content (AvgIpc) is 3.40. The number of carbonyl (C=O) groups excluding carboxylic acids is 3. The molecule has 2 saturated carbocycles. The first-order chi connectivity index (χ1) is 18.7. The summed E-state index contributed by atoms with van der Waals surface area (Å²) >= 11 is 0. The first-order valence-corrected chi connectivity index (χ1v) is 14.3. The van der Waals surface area contributed by atoms with Crippen molar-refractivity contribution in [2.24, 2.45) is 34.4 Å². The molecule has 4 aliphatic rings. The predicted octanol–water partition coefficient (Wildman–Crippen LogP) is 1.88. The van der Waals surface area contributed by atoms with Crippen LogP contribution in [0.15, 0.2) is 34.5 Å². The highest BCUT2D eigenvalue weighted by molar-refractivity contribution is 6.11. The van der Waals surface area contributed by atoms with Crippen LogP contribution < -0.4 is 16.0 Å². The zero-order valence-electron chi connectivity index (χ0n) is 23.7. The van der Waals surface area contributed by atoms with Crippen molar-refractivity contribution in [3.05, 3.63) is 40.6 Å². The summed E-state index contributed by atoms with van der Waals surface area (Å²) < 4.78 is 0. The van der Waals surface area contributed by atoms with Crippen molar-refractivity contribution in [3.8, 4) is 0 Å². The lowest BCUT2D eigenvalue weighted by Gasteiger charge is -2.37. The summed E-state index contributed by atoms with van der Waals surface area (Å²) in [6, 6.07) is 6.37. The molecule has 4 fully saturated rings. The number of fused-ring (bicyclic) bond motifs is 1. The molecule has 3 amide bonds. The maximum absolute atomic E-state index is 13.3. The fourth-order valence-corrected chi connectivity index (χ4v) is 6.72. The van der Waals surface area contributed by atoms with Crippen LogP contribution in [-0.4, -0.2) is 86.1 Å². The fourth-order valence-electron chi connectivity index (χ4n) is 6.72. The number of nitrogens with two attached hydrogens (primary N) is 1. The van der Waals surface area contributed by atoms with Crippen LogP contribution in [0.2, 0.25) is 0 Å². The summed E-state index contributed by atoms with van der Waals surface area (Å²) in [6.45, 7) is 10.6. The summed E-state index contributed by atoms with van der Waals surface area (Å²) in [4.78, 5) is 49.2. The molecule has 2 unspecified atom stereocenters. The van der Waals surface area contributed by atoms with Crippen LogP contribution in [0.4, 0.5) is 5.69 Å².